The average Bonchev–Trinajstić information content (AvgIpc) is 2.49. The summed E-state index contributed by atoms with van der Waals surface area (Å²) >= 11 is 0. The van der Waals surface area contributed by atoms with Crippen LogP contribution in [0.15, 0.2) is 18.5 Å². The van der Waals surface area contributed by atoms with Crippen LogP contribution in [0.2, 0.25) is 0 Å². The molecule has 2 heterocycles. The molecule has 2 rings (SSSR count). The summed E-state index contributed by atoms with van der Waals surface area (Å²) in [5, 5.41) is 3.11. The van der Waals surface area contributed by atoms with Crippen LogP contribution in [-0.4, -0.2) is 30.4 Å². The largest absolute Gasteiger partial charge is 0.496 e. The minimum absolute atomic E-state index is 0. The minimum atomic E-state index is -0.334. The molecule has 19 heavy (non-hydrogen) atoms. The lowest BCUT2D eigenvalue weighted by Crippen LogP contribution is -2.41. The molecule has 1 saturated heterocycles. The first kappa shape index (κ1) is 16.4. The molecule has 6 heteroatoms. The Labute approximate surface area is 121 Å². The smallest absolute Gasteiger partial charge is 0.399 e. The molecule has 106 valence electrons. The molecule has 1 fully saturated rings. The molecule has 0 aromatic carbocycles. The van der Waals surface area contributed by atoms with Crippen LogP contribution in [0.25, 0.3) is 0 Å². The van der Waals surface area contributed by atoms with Crippen molar-refractivity contribution in [3.8, 4) is 0 Å². The van der Waals surface area contributed by atoms with Crippen molar-refractivity contribution in [3.63, 3.8) is 0 Å². The molecule has 0 radical (unpaired) electrons. The van der Waals surface area contributed by atoms with Crippen molar-refractivity contribution in [1.82, 2.24) is 10.3 Å². The van der Waals surface area contributed by atoms with E-state index >= 15 is 0 Å². The van der Waals surface area contributed by atoms with Gasteiger partial charge in [0.2, 0.25) is 0 Å². The average molecular weight is 285 g/mol. The summed E-state index contributed by atoms with van der Waals surface area (Å²) in [7, 11) is 1.58. The van der Waals surface area contributed by atoms with Gasteiger partial charge in [0.05, 0.1) is 11.2 Å². The summed E-state index contributed by atoms with van der Waals surface area (Å²) in [5.41, 5.74) is 1.49. The Morgan fingerprint density at radius 1 is 1.16 bits per heavy atom. The van der Waals surface area contributed by atoms with Crippen molar-refractivity contribution < 1.29 is 9.31 Å². The van der Waals surface area contributed by atoms with E-state index in [1.807, 2.05) is 13.2 Å². The molecule has 1 N–H and O–H groups in total. The number of halogens is 1. The summed E-state index contributed by atoms with van der Waals surface area (Å²) in [6.45, 7) is 9.01. The van der Waals surface area contributed by atoms with Crippen molar-refractivity contribution in [2.24, 2.45) is 0 Å². The second kappa shape index (κ2) is 5.79. The summed E-state index contributed by atoms with van der Waals surface area (Å²) in [5.74, 6) is 0. The molecule has 0 spiro atoms. The normalized spacial score (nSPS) is 20.2. The predicted molar refractivity (Wildman–Crippen MR) is 80.0 cm³/mol. The molecule has 0 saturated carbocycles. The second-order valence-electron chi connectivity index (χ2n) is 5.75. The van der Waals surface area contributed by atoms with Gasteiger partial charge in [-0.3, -0.25) is 4.98 Å². The van der Waals surface area contributed by atoms with Crippen LogP contribution in [0.3, 0.4) is 0 Å². The molecule has 1 aromatic heterocycles. The Kier molecular flexibility index (Phi) is 5.01. The van der Waals surface area contributed by atoms with Gasteiger partial charge in [0.1, 0.15) is 0 Å². The van der Waals surface area contributed by atoms with Crippen LogP contribution in [0.4, 0.5) is 0 Å². The standard InChI is InChI=1S/C13H21BN2O2.ClH/c1-12(2)13(3,4)18-14(17-12)11-6-10(7-15-5)8-16-9-11;/h6,8-9,15H,7H2,1-5H3;1H. The first-order valence-corrected chi connectivity index (χ1v) is 6.30. The van der Waals surface area contributed by atoms with Crippen LogP contribution in [0.1, 0.15) is 33.3 Å². The van der Waals surface area contributed by atoms with E-state index in [2.05, 4.69) is 44.1 Å². The molecule has 0 bridgehead atoms. The Morgan fingerprint density at radius 2 is 1.74 bits per heavy atom. The molecule has 0 atom stereocenters. The minimum Gasteiger partial charge on any atom is -0.399 e. The number of nitrogens with zero attached hydrogens (tertiary/aromatic N) is 1. The van der Waals surface area contributed by atoms with Gasteiger partial charge in [-0.15, -0.1) is 12.4 Å². The molecule has 0 amide bonds. The van der Waals surface area contributed by atoms with Crippen molar-refractivity contribution in [1.29, 1.82) is 0 Å². The van der Waals surface area contributed by atoms with Crippen LogP contribution in [0, 0.1) is 0 Å². The van der Waals surface area contributed by atoms with E-state index in [4.69, 9.17) is 9.31 Å². The summed E-state index contributed by atoms with van der Waals surface area (Å²) in [6, 6.07) is 2.08. The van der Waals surface area contributed by atoms with Gasteiger partial charge in [-0.05, 0) is 40.3 Å². The van der Waals surface area contributed by atoms with Crippen LogP contribution in [-0.2, 0) is 15.9 Å². The summed E-state index contributed by atoms with van der Waals surface area (Å²) < 4.78 is 12.0. The fraction of sp³-hybridized carbons (Fsp3) is 0.615. The summed E-state index contributed by atoms with van der Waals surface area (Å²) in [4.78, 5) is 4.24. The van der Waals surface area contributed by atoms with Gasteiger partial charge >= 0.3 is 7.12 Å². The molecule has 0 unspecified atom stereocenters. The van der Waals surface area contributed by atoms with Crippen LogP contribution < -0.4 is 10.8 Å². The van der Waals surface area contributed by atoms with Crippen LogP contribution in [0.5, 0.6) is 0 Å². The Hall–Kier alpha value is -0.615. The fourth-order valence-corrected chi connectivity index (χ4v) is 1.92. The zero-order valence-corrected chi connectivity index (χ0v) is 13.0. The van der Waals surface area contributed by atoms with Gasteiger partial charge in [0, 0.05) is 24.4 Å². The third-order valence-corrected chi connectivity index (χ3v) is 3.72. The van der Waals surface area contributed by atoms with Crippen molar-refractivity contribution in [2.45, 2.75) is 45.4 Å². The molecule has 1 aromatic rings. The van der Waals surface area contributed by atoms with Crippen molar-refractivity contribution in [2.75, 3.05) is 7.05 Å². The zero-order chi connectivity index (χ0) is 13.4. The van der Waals surface area contributed by atoms with E-state index in [1.165, 1.54) is 0 Å². The van der Waals surface area contributed by atoms with Crippen molar-refractivity contribution >= 4 is 25.0 Å². The number of hydrogen-bond acceptors (Lipinski definition) is 4. The van der Waals surface area contributed by atoms with Gasteiger partial charge in [0.15, 0.2) is 0 Å². The molecule has 1 aliphatic heterocycles. The lowest BCUT2D eigenvalue weighted by atomic mass is 9.80. The Balaban J connectivity index is 0.00000180. The topological polar surface area (TPSA) is 43.4 Å². The van der Waals surface area contributed by atoms with Gasteiger partial charge < -0.3 is 14.6 Å². The van der Waals surface area contributed by atoms with E-state index in [-0.39, 0.29) is 30.7 Å². The zero-order valence-electron chi connectivity index (χ0n) is 12.2. The number of pyridine rings is 1. The van der Waals surface area contributed by atoms with E-state index in [9.17, 15) is 0 Å². The van der Waals surface area contributed by atoms with E-state index in [0.29, 0.717) is 0 Å². The maximum atomic E-state index is 6.00. The van der Waals surface area contributed by atoms with E-state index in [1.54, 1.807) is 6.20 Å². The highest BCUT2D eigenvalue weighted by molar-refractivity contribution is 6.62. The Bertz CT molecular complexity index is 424. The lowest BCUT2D eigenvalue weighted by Gasteiger charge is -2.32. The maximum Gasteiger partial charge on any atom is 0.496 e. The third kappa shape index (κ3) is 3.29. The number of aromatic nitrogens is 1. The highest BCUT2D eigenvalue weighted by Gasteiger charge is 2.51. The monoisotopic (exact) mass is 284 g/mol. The maximum absolute atomic E-state index is 6.00. The van der Waals surface area contributed by atoms with E-state index < -0.39 is 0 Å². The molecular weight excluding hydrogens is 262 g/mol. The molecule has 1 aliphatic rings. The first-order chi connectivity index (χ1) is 8.36. The summed E-state index contributed by atoms with van der Waals surface area (Å²) in [6.07, 6.45) is 3.66. The molecule has 4 nitrogen and oxygen atoms in total. The predicted octanol–water partition coefficient (Wildman–Crippen LogP) is 1.52. The number of rotatable bonds is 3. The SMILES string of the molecule is CNCc1cncc(B2OC(C)(C)C(C)(C)O2)c1.Cl. The fourth-order valence-electron chi connectivity index (χ4n) is 1.92. The van der Waals surface area contributed by atoms with Crippen LogP contribution >= 0.6 is 12.4 Å². The number of nitrogens with one attached hydrogen (secondary N) is 1. The quantitative estimate of drug-likeness (QED) is 0.855. The van der Waals surface area contributed by atoms with Crippen molar-refractivity contribution in [3.05, 3.63) is 24.0 Å². The molecular formula is C13H22BClN2O2. The first-order valence-electron chi connectivity index (χ1n) is 6.30. The second-order valence-corrected chi connectivity index (χ2v) is 5.75. The lowest BCUT2D eigenvalue weighted by molar-refractivity contribution is 0.00578. The molecule has 0 aliphatic carbocycles. The van der Waals surface area contributed by atoms with E-state index in [0.717, 1.165) is 17.6 Å². The number of hydrogen-bond donors (Lipinski definition) is 1. The third-order valence-electron chi connectivity index (χ3n) is 3.72. The highest BCUT2D eigenvalue weighted by atomic mass is 35.5. The van der Waals surface area contributed by atoms with Gasteiger partial charge in [-0.2, -0.15) is 0 Å². The Morgan fingerprint density at radius 3 is 2.26 bits per heavy atom. The van der Waals surface area contributed by atoms with Gasteiger partial charge in [-0.1, -0.05) is 6.07 Å². The van der Waals surface area contributed by atoms with Gasteiger partial charge in [-0.25, -0.2) is 0 Å². The highest BCUT2D eigenvalue weighted by Crippen LogP contribution is 2.36. The van der Waals surface area contributed by atoms with Gasteiger partial charge in [0.25, 0.3) is 0 Å².